The van der Waals surface area contributed by atoms with Crippen LogP contribution in [0.25, 0.3) is 0 Å². The minimum atomic E-state index is -0.981. The van der Waals surface area contributed by atoms with Gasteiger partial charge in [0.25, 0.3) is 0 Å². The Morgan fingerprint density at radius 1 is 1.33 bits per heavy atom. The van der Waals surface area contributed by atoms with Gasteiger partial charge in [-0.1, -0.05) is 19.8 Å². The standard InChI is InChI=1S/C14H25NO3/c1-10-6-5-7-11(8-10)15(4)12(16)9-14(2,3)13(17)18/h10-11H,5-9H2,1-4H3,(H,17,18). The number of hydrogen-bond acceptors (Lipinski definition) is 2. The molecule has 0 aromatic heterocycles. The smallest absolute Gasteiger partial charge is 0.309 e. The van der Waals surface area contributed by atoms with E-state index in [4.69, 9.17) is 5.11 Å². The van der Waals surface area contributed by atoms with Crippen LogP contribution in [-0.4, -0.2) is 35.0 Å². The molecule has 0 aliphatic heterocycles. The molecule has 4 nitrogen and oxygen atoms in total. The van der Waals surface area contributed by atoms with E-state index in [1.165, 1.54) is 6.42 Å². The van der Waals surface area contributed by atoms with Crippen molar-refractivity contribution in [2.24, 2.45) is 11.3 Å². The summed E-state index contributed by atoms with van der Waals surface area (Å²) in [7, 11) is 1.81. The molecule has 4 heteroatoms. The van der Waals surface area contributed by atoms with Crippen LogP contribution in [0.4, 0.5) is 0 Å². The van der Waals surface area contributed by atoms with Gasteiger partial charge in [0, 0.05) is 19.5 Å². The number of hydrogen-bond donors (Lipinski definition) is 1. The van der Waals surface area contributed by atoms with E-state index in [-0.39, 0.29) is 18.4 Å². The SMILES string of the molecule is CC1CCCC(N(C)C(=O)CC(C)(C)C(=O)O)C1. The first-order valence-corrected chi connectivity index (χ1v) is 6.73. The van der Waals surface area contributed by atoms with Gasteiger partial charge in [0.1, 0.15) is 0 Å². The minimum Gasteiger partial charge on any atom is -0.481 e. The van der Waals surface area contributed by atoms with Crippen molar-refractivity contribution in [3.63, 3.8) is 0 Å². The number of carboxylic acid groups (broad SMARTS) is 1. The molecular weight excluding hydrogens is 230 g/mol. The quantitative estimate of drug-likeness (QED) is 0.839. The average molecular weight is 255 g/mol. The van der Waals surface area contributed by atoms with Gasteiger partial charge in [-0.25, -0.2) is 0 Å². The largest absolute Gasteiger partial charge is 0.481 e. The van der Waals surface area contributed by atoms with Gasteiger partial charge in [-0.05, 0) is 32.6 Å². The average Bonchev–Trinajstić information content (AvgIpc) is 2.27. The maximum Gasteiger partial charge on any atom is 0.309 e. The Hall–Kier alpha value is -1.06. The number of carbonyl (C=O) groups excluding carboxylic acids is 1. The number of amides is 1. The van der Waals surface area contributed by atoms with Gasteiger partial charge in [-0.3, -0.25) is 9.59 Å². The van der Waals surface area contributed by atoms with Gasteiger partial charge >= 0.3 is 5.97 Å². The van der Waals surface area contributed by atoms with Gasteiger partial charge in [-0.15, -0.1) is 0 Å². The van der Waals surface area contributed by atoms with Crippen LogP contribution in [0.2, 0.25) is 0 Å². The molecule has 0 aromatic carbocycles. The lowest BCUT2D eigenvalue weighted by molar-refractivity contribution is -0.151. The number of nitrogens with zero attached hydrogens (tertiary/aromatic N) is 1. The molecule has 104 valence electrons. The summed E-state index contributed by atoms with van der Waals surface area (Å²) in [4.78, 5) is 24.9. The second-order valence-electron chi connectivity index (χ2n) is 6.30. The molecule has 18 heavy (non-hydrogen) atoms. The fourth-order valence-electron chi connectivity index (χ4n) is 2.54. The van der Waals surface area contributed by atoms with E-state index in [2.05, 4.69) is 6.92 Å². The zero-order chi connectivity index (χ0) is 13.9. The van der Waals surface area contributed by atoms with Crippen molar-refractivity contribution >= 4 is 11.9 Å². The summed E-state index contributed by atoms with van der Waals surface area (Å²) in [6.07, 6.45) is 4.55. The first kappa shape index (κ1) is 15.0. The molecule has 2 atom stereocenters. The second-order valence-corrected chi connectivity index (χ2v) is 6.30. The Morgan fingerprint density at radius 3 is 2.44 bits per heavy atom. The van der Waals surface area contributed by atoms with Crippen LogP contribution < -0.4 is 0 Å². The Morgan fingerprint density at radius 2 is 1.94 bits per heavy atom. The van der Waals surface area contributed by atoms with Crippen molar-refractivity contribution in [1.82, 2.24) is 4.90 Å². The molecule has 1 N–H and O–H groups in total. The van der Waals surface area contributed by atoms with Gasteiger partial charge in [0.05, 0.1) is 5.41 Å². The third-order valence-electron chi connectivity index (χ3n) is 4.02. The van der Waals surface area contributed by atoms with E-state index < -0.39 is 11.4 Å². The highest BCUT2D eigenvalue weighted by Crippen LogP contribution is 2.28. The lowest BCUT2D eigenvalue weighted by Crippen LogP contribution is -2.42. The van der Waals surface area contributed by atoms with Gasteiger partial charge < -0.3 is 10.0 Å². The summed E-state index contributed by atoms with van der Waals surface area (Å²) in [5.41, 5.74) is -0.981. The summed E-state index contributed by atoms with van der Waals surface area (Å²) < 4.78 is 0. The minimum absolute atomic E-state index is 0.0542. The van der Waals surface area contributed by atoms with Gasteiger partial charge in [0.2, 0.25) is 5.91 Å². The molecule has 1 aliphatic carbocycles. The predicted octanol–water partition coefficient (Wildman–Crippen LogP) is 2.52. The predicted molar refractivity (Wildman–Crippen MR) is 70.2 cm³/mol. The first-order valence-electron chi connectivity index (χ1n) is 6.73. The van der Waals surface area contributed by atoms with Crippen molar-refractivity contribution in [3.05, 3.63) is 0 Å². The maximum atomic E-state index is 12.1. The van der Waals surface area contributed by atoms with E-state index in [0.29, 0.717) is 5.92 Å². The Kier molecular flexibility index (Phi) is 4.77. The van der Waals surface area contributed by atoms with Crippen LogP contribution in [0, 0.1) is 11.3 Å². The van der Waals surface area contributed by atoms with Crippen molar-refractivity contribution < 1.29 is 14.7 Å². The van der Waals surface area contributed by atoms with Crippen LogP contribution >= 0.6 is 0 Å². The summed E-state index contributed by atoms with van der Waals surface area (Å²) in [5.74, 6) is -0.311. The third-order valence-corrected chi connectivity index (χ3v) is 4.02. The van der Waals surface area contributed by atoms with Crippen molar-refractivity contribution in [2.75, 3.05) is 7.05 Å². The number of carbonyl (C=O) groups is 2. The topological polar surface area (TPSA) is 57.6 Å². The summed E-state index contributed by atoms with van der Waals surface area (Å²) in [6.45, 7) is 5.42. The fourth-order valence-corrected chi connectivity index (χ4v) is 2.54. The molecule has 1 saturated carbocycles. The van der Waals surface area contributed by atoms with Crippen LogP contribution in [0.3, 0.4) is 0 Å². The van der Waals surface area contributed by atoms with Crippen molar-refractivity contribution in [3.8, 4) is 0 Å². The van der Waals surface area contributed by atoms with E-state index in [1.54, 1.807) is 18.7 Å². The van der Waals surface area contributed by atoms with Crippen LogP contribution in [0.1, 0.15) is 52.9 Å². The molecular formula is C14H25NO3. The molecule has 0 bridgehead atoms. The molecule has 1 rings (SSSR count). The Labute approximate surface area is 109 Å². The van der Waals surface area contributed by atoms with Crippen LogP contribution in [0.5, 0.6) is 0 Å². The molecule has 0 radical (unpaired) electrons. The number of rotatable bonds is 4. The van der Waals surface area contributed by atoms with Crippen LogP contribution in [0.15, 0.2) is 0 Å². The molecule has 1 amide bonds. The Balaban J connectivity index is 2.58. The van der Waals surface area contributed by atoms with E-state index in [9.17, 15) is 9.59 Å². The Bertz CT molecular complexity index is 325. The summed E-state index contributed by atoms with van der Waals surface area (Å²) in [5, 5.41) is 9.05. The highest BCUT2D eigenvalue weighted by atomic mass is 16.4. The van der Waals surface area contributed by atoms with Crippen LogP contribution in [-0.2, 0) is 9.59 Å². The second kappa shape index (κ2) is 5.72. The monoisotopic (exact) mass is 255 g/mol. The normalized spacial score (nSPS) is 24.7. The number of aliphatic carboxylic acids is 1. The summed E-state index contributed by atoms with van der Waals surface area (Å²) in [6, 6.07) is 0.283. The highest BCUT2D eigenvalue weighted by Gasteiger charge is 2.33. The third kappa shape index (κ3) is 3.72. The van der Waals surface area contributed by atoms with Gasteiger partial charge in [0.15, 0.2) is 0 Å². The first-order chi connectivity index (χ1) is 8.24. The van der Waals surface area contributed by atoms with Crippen molar-refractivity contribution in [2.45, 2.75) is 58.9 Å². The number of carboxylic acids is 1. The molecule has 1 aliphatic rings. The molecule has 0 heterocycles. The molecule has 0 aromatic rings. The lowest BCUT2D eigenvalue weighted by atomic mass is 9.85. The molecule has 0 spiro atoms. The maximum absolute atomic E-state index is 12.1. The lowest BCUT2D eigenvalue weighted by Gasteiger charge is -2.35. The zero-order valence-electron chi connectivity index (χ0n) is 11.9. The molecule has 1 fully saturated rings. The summed E-state index contributed by atoms with van der Waals surface area (Å²) >= 11 is 0. The van der Waals surface area contributed by atoms with E-state index in [0.717, 1.165) is 19.3 Å². The fraction of sp³-hybridized carbons (Fsp3) is 0.857. The van der Waals surface area contributed by atoms with Crippen molar-refractivity contribution in [1.29, 1.82) is 0 Å². The van der Waals surface area contributed by atoms with Gasteiger partial charge in [-0.2, -0.15) is 0 Å². The molecule has 0 saturated heterocycles. The van der Waals surface area contributed by atoms with E-state index >= 15 is 0 Å². The zero-order valence-corrected chi connectivity index (χ0v) is 11.9. The molecule has 2 unspecified atom stereocenters. The van der Waals surface area contributed by atoms with E-state index in [1.807, 2.05) is 7.05 Å². The highest BCUT2D eigenvalue weighted by molar-refractivity contribution is 5.84.